The first-order valence-electron chi connectivity index (χ1n) is 12.6. The van der Waals surface area contributed by atoms with Gasteiger partial charge < -0.3 is 9.57 Å². The molecule has 0 aliphatic heterocycles. The molecule has 5 heteroatoms. The van der Waals surface area contributed by atoms with E-state index in [1.54, 1.807) is 12.1 Å². The lowest BCUT2D eigenvalue weighted by atomic mass is 9.91. The van der Waals surface area contributed by atoms with Crippen LogP contribution in [0.2, 0.25) is 0 Å². The van der Waals surface area contributed by atoms with Crippen LogP contribution in [0.3, 0.4) is 0 Å². The topological polar surface area (TPSA) is 51.1 Å². The quantitative estimate of drug-likeness (QED) is 0.272. The highest BCUT2D eigenvalue weighted by atomic mass is 16.6. The number of esters is 1. The lowest BCUT2D eigenvalue weighted by molar-refractivity contribution is -0.0154. The summed E-state index contributed by atoms with van der Waals surface area (Å²) < 4.78 is 5.88. The normalized spacial score (nSPS) is 17.1. The Morgan fingerprint density at radius 2 is 1.62 bits per heavy atom. The van der Waals surface area contributed by atoms with Gasteiger partial charge in [0.15, 0.2) is 12.7 Å². The van der Waals surface area contributed by atoms with Crippen molar-refractivity contribution in [2.45, 2.75) is 58.5 Å². The van der Waals surface area contributed by atoms with Crippen LogP contribution < -0.4 is 0 Å². The minimum atomic E-state index is -0.389. The number of carbonyl (C=O) groups is 1. The van der Waals surface area contributed by atoms with Crippen molar-refractivity contribution in [2.24, 2.45) is 5.16 Å². The van der Waals surface area contributed by atoms with Gasteiger partial charge in [0, 0.05) is 6.54 Å². The van der Waals surface area contributed by atoms with Crippen molar-refractivity contribution in [1.29, 1.82) is 0 Å². The molecule has 0 amide bonds. The third-order valence-corrected chi connectivity index (χ3v) is 5.88. The van der Waals surface area contributed by atoms with E-state index in [0.29, 0.717) is 12.1 Å². The average Bonchev–Trinajstić information content (AvgIpc) is 2.86. The first kappa shape index (κ1) is 25.7. The van der Waals surface area contributed by atoms with Crippen LogP contribution in [-0.2, 0) is 9.57 Å². The maximum absolute atomic E-state index is 12.7. The van der Waals surface area contributed by atoms with Crippen molar-refractivity contribution < 1.29 is 14.4 Å². The standard InChI is InChI=1S/C29H38N2O3/c1-3-19-31(20-4-2)22-27(34-29(32)25-15-9-6-10-16-25)23-33-30-28-18-12-11-17-26(28)21-24-13-7-5-8-14-24/h5-10,13-16,21,27H,3-4,11-12,17-20,22-23H2,1-2H3/b26-21+,30-28+/t27-/m0/s1. The molecule has 0 spiro atoms. The van der Waals surface area contributed by atoms with E-state index in [0.717, 1.165) is 57.3 Å². The Balaban J connectivity index is 1.69. The number of allylic oxidation sites excluding steroid dienone is 1. The zero-order valence-electron chi connectivity index (χ0n) is 20.6. The van der Waals surface area contributed by atoms with Gasteiger partial charge in [0.2, 0.25) is 0 Å². The average molecular weight is 463 g/mol. The number of benzene rings is 2. The molecule has 0 heterocycles. The molecular formula is C29H38N2O3. The van der Waals surface area contributed by atoms with E-state index >= 15 is 0 Å². The van der Waals surface area contributed by atoms with Gasteiger partial charge in [-0.15, -0.1) is 0 Å². The van der Waals surface area contributed by atoms with Gasteiger partial charge in [-0.1, -0.05) is 67.5 Å². The van der Waals surface area contributed by atoms with Gasteiger partial charge in [0.25, 0.3) is 0 Å². The molecule has 34 heavy (non-hydrogen) atoms. The largest absolute Gasteiger partial charge is 0.454 e. The second-order valence-electron chi connectivity index (χ2n) is 8.82. The summed E-state index contributed by atoms with van der Waals surface area (Å²) in [6.07, 6.45) is 8.11. The highest BCUT2D eigenvalue weighted by Gasteiger charge is 2.21. The van der Waals surface area contributed by atoms with Crippen LogP contribution in [0.25, 0.3) is 6.08 Å². The summed E-state index contributed by atoms with van der Waals surface area (Å²) in [7, 11) is 0. The highest BCUT2D eigenvalue weighted by Crippen LogP contribution is 2.23. The second-order valence-corrected chi connectivity index (χ2v) is 8.82. The fraction of sp³-hybridized carbons (Fsp3) is 0.448. The Bertz CT molecular complexity index is 919. The van der Waals surface area contributed by atoms with Crippen LogP contribution in [0.5, 0.6) is 0 Å². The molecule has 0 aromatic heterocycles. The molecule has 2 aromatic rings. The molecule has 182 valence electrons. The number of nitrogens with zero attached hydrogens (tertiary/aromatic N) is 2. The molecule has 0 unspecified atom stereocenters. The fourth-order valence-corrected chi connectivity index (χ4v) is 4.25. The second kappa shape index (κ2) is 14.4. The highest BCUT2D eigenvalue weighted by molar-refractivity contribution is 6.04. The van der Waals surface area contributed by atoms with Crippen molar-refractivity contribution in [2.75, 3.05) is 26.2 Å². The maximum Gasteiger partial charge on any atom is 0.338 e. The van der Waals surface area contributed by atoms with Gasteiger partial charge in [0.1, 0.15) is 0 Å². The molecule has 1 saturated carbocycles. The summed E-state index contributed by atoms with van der Waals surface area (Å²) in [5.41, 5.74) is 3.96. The van der Waals surface area contributed by atoms with E-state index < -0.39 is 0 Å². The Kier molecular flexibility index (Phi) is 10.9. The lowest BCUT2D eigenvalue weighted by Gasteiger charge is -2.26. The van der Waals surface area contributed by atoms with Crippen LogP contribution in [-0.4, -0.2) is 48.9 Å². The molecule has 1 atom stereocenters. The summed E-state index contributed by atoms with van der Waals surface area (Å²) in [6.45, 7) is 7.14. The molecule has 0 N–H and O–H groups in total. The first-order valence-corrected chi connectivity index (χ1v) is 12.6. The zero-order valence-corrected chi connectivity index (χ0v) is 20.6. The van der Waals surface area contributed by atoms with E-state index in [4.69, 9.17) is 9.57 Å². The van der Waals surface area contributed by atoms with E-state index in [9.17, 15) is 4.79 Å². The SMILES string of the molecule is CCCN(CCC)C[C@@H](CO/N=C1\CCCC\C1=C/c1ccccc1)OC(=O)c1ccccc1. The van der Waals surface area contributed by atoms with Gasteiger partial charge in [-0.2, -0.15) is 0 Å². The lowest BCUT2D eigenvalue weighted by Crippen LogP contribution is -2.38. The summed E-state index contributed by atoms with van der Waals surface area (Å²) >= 11 is 0. The predicted molar refractivity (Wildman–Crippen MR) is 139 cm³/mol. The van der Waals surface area contributed by atoms with Crippen LogP contribution in [0.4, 0.5) is 0 Å². The molecule has 3 rings (SSSR count). The van der Waals surface area contributed by atoms with Gasteiger partial charge in [-0.3, -0.25) is 4.90 Å². The summed E-state index contributed by atoms with van der Waals surface area (Å²) in [5, 5.41) is 4.52. The number of hydrogen-bond donors (Lipinski definition) is 0. The molecular weight excluding hydrogens is 424 g/mol. The van der Waals surface area contributed by atoms with Crippen LogP contribution in [0, 0.1) is 0 Å². The maximum atomic E-state index is 12.7. The number of carbonyl (C=O) groups excluding carboxylic acids is 1. The Morgan fingerprint density at radius 1 is 0.971 bits per heavy atom. The third kappa shape index (κ3) is 8.45. The van der Waals surface area contributed by atoms with Crippen LogP contribution in [0.1, 0.15) is 68.3 Å². The van der Waals surface area contributed by atoms with E-state index in [2.05, 4.69) is 42.1 Å². The molecule has 1 aliphatic rings. The Morgan fingerprint density at radius 3 is 2.29 bits per heavy atom. The van der Waals surface area contributed by atoms with Crippen molar-refractivity contribution in [1.82, 2.24) is 4.90 Å². The molecule has 0 saturated heterocycles. The van der Waals surface area contributed by atoms with Gasteiger partial charge in [0.05, 0.1) is 11.3 Å². The van der Waals surface area contributed by atoms with E-state index in [1.807, 2.05) is 36.4 Å². The van der Waals surface area contributed by atoms with Crippen LogP contribution >= 0.6 is 0 Å². The van der Waals surface area contributed by atoms with Crippen molar-refractivity contribution in [3.8, 4) is 0 Å². The summed E-state index contributed by atoms with van der Waals surface area (Å²) in [4.78, 5) is 20.9. The number of rotatable bonds is 12. The number of hydrogen-bond acceptors (Lipinski definition) is 5. The third-order valence-electron chi connectivity index (χ3n) is 5.88. The van der Waals surface area contributed by atoms with Crippen LogP contribution in [0.15, 0.2) is 71.4 Å². The first-order chi connectivity index (χ1) is 16.7. The summed E-state index contributed by atoms with van der Waals surface area (Å²) in [6, 6.07) is 19.5. The number of oxime groups is 1. The minimum absolute atomic E-state index is 0.241. The van der Waals surface area contributed by atoms with Gasteiger partial charge in [-0.25, -0.2) is 4.79 Å². The van der Waals surface area contributed by atoms with Gasteiger partial charge in [-0.05, 0) is 81.0 Å². The molecule has 0 radical (unpaired) electrons. The smallest absolute Gasteiger partial charge is 0.338 e. The molecule has 5 nitrogen and oxygen atoms in total. The zero-order chi connectivity index (χ0) is 24.0. The van der Waals surface area contributed by atoms with Gasteiger partial charge >= 0.3 is 5.97 Å². The summed E-state index contributed by atoms with van der Waals surface area (Å²) in [5.74, 6) is -0.322. The number of ether oxygens (including phenoxy) is 1. The fourth-order valence-electron chi connectivity index (χ4n) is 4.25. The van der Waals surface area contributed by atoms with E-state index in [-0.39, 0.29) is 18.7 Å². The Hall–Kier alpha value is -2.92. The predicted octanol–water partition coefficient (Wildman–Crippen LogP) is 6.36. The minimum Gasteiger partial charge on any atom is -0.454 e. The monoisotopic (exact) mass is 462 g/mol. The molecule has 1 fully saturated rings. The molecule has 2 aromatic carbocycles. The van der Waals surface area contributed by atoms with E-state index in [1.165, 1.54) is 11.1 Å². The molecule has 1 aliphatic carbocycles. The van der Waals surface area contributed by atoms with Crippen molar-refractivity contribution in [3.05, 3.63) is 77.4 Å². The van der Waals surface area contributed by atoms with Crippen molar-refractivity contribution in [3.63, 3.8) is 0 Å². The van der Waals surface area contributed by atoms with Crippen molar-refractivity contribution >= 4 is 17.8 Å². The molecule has 0 bridgehead atoms. The Labute approximate surface area is 204 Å².